The van der Waals surface area contributed by atoms with Gasteiger partial charge in [-0.05, 0) is 15.4 Å². The second-order valence-electron chi connectivity index (χ2n) is 13.3. The quantitative estimate of drug-likeness (QED) is 0.0751. The molecule has 0 aromatic heterocycles. The zero-order valence-electron chi connectivity index (χ0n) is 33.6. The van der Waals surface area contributed by atoms with Crippen LogP contribution in [-0.2, 0) is 61.4 Å². The predicted octanol–water partition coefficient (Wildman–Crippen LogP) is 1.93. The molecular formula is C40H65NO14Si. The van der Waals surface area contributed by atoms with Gasteiger partial charge in [0, 0.05) is 6.54 Å². The van der Waals surface area contributed by atoms with Crippen LogP contribution in [0, 0.1) is 0 Å². The van der Waals surface area contributed by atoms with E-state index in [9.17, 15) is 9.59 Å². The molecular weight excluding hydrogens is 747 g/mol. The normalized spacial score (nSPS) is 11.9. The number of ether oxygens (including phenoxy) is 10. The summed E-state index contributed by atoms with van der Waals surface area (Å²) in [4.78, 5) is 21.7. The number of nitrogens with one attached hydrogen (secondary N) is 1. The fourth-order valence-electron chi connectivity index (χ4n) is 5.42. The molecule has 0 saturated heterocycles. The van der Waals surface area contributed by atoms with E-state index >= 15 is 0 Å². The van der Waals surface area contributed by atoms with Crippen LogP contribution in [0.4, 0.5) is 0 Å². The Balaban J connectivity index is 1.30. The topological polar surface area (TPSA) is 168 Å². The van der Waals surface area contributed by atoms with E-state index in [0.717, 1.165) is 0 Å². The van der Waals surface area contributed by atoms with E-state index in [2.05, 4.69) is 79.4 Å². The Hall–Kier alpha value is -2.84. The van der Waals surface area contributed by atoms with E-state index in [-0.39, 0.29) is 11.6 Å². The van der Waals surface area contributed by atoms with Crippen molar-refractivity contribution in [2.24, 2.45) is 0 Å². The summed E-state index contributed by atoms with van der Waals surface area (Å²) >= 11 is 0. The summed E-state index contributed by atoms with van der Waals surface area (Å²) in [5.74, 6) is -1.52. The Labute approximate surface area is 333 Å². The number of amides is 1. The van der Waals surface area contributed by atoms with Crippen LogP contribution in [0.2, 0.25) is 5.04 Å². The van der Waals surface area contributed by atoms with Crippen LogP contribution in [0.1, 0.15) is 20.8 Å². The van der Waals surface area contributed by atoms with Crippen LogP contribution in [0.3, 0.4) is 0 Å². The highest BCUT2D eigenvalue weighted by atomic mass is 28.4. The number of rotatable bonds is 37. The maximum absolute atomic E-state index is 11.4. The number of carbonyl (C=O) groups excluding carboxylic acids is 1. The van der Waals surface area contributed by atoms with Crippen LogP contribution in [0.25, 0.3) is 0 Å². The molecule has 56 heavy (non-hydrogen) atoms. The molecule has 15 nitrogen and oxygen atoms in total. The lowest BCUT2D eigenvalue weighted by atomic mass is 10.2. The third-order valence-corrected chi connectivity index (χ3v) is 13.0. The summed E-state index contributed by atoms with van der Waals surface area (Å²) in [6, 6.07) is 21.2. The van der Waals surface area contributed by atoms with Crippen molar-refractivity contribution in [3.63, 3.8) is 0 Å². The first-order chi connectivity index (χ1) is 27.3. The Morgan fingerprint density at radius 2 is 0.804 bits per heavy atom. The molecule has 2 aromatic carbocycles. The van der Waals surface area contributed by atoms with Gasteiger partial charge >= 0.3 is 5.97 Å². The smallest absolute Gasteiger partial charge is 0.329 e. The summed E-state index contributed by atoms with van der Waals surface area (Å²) in [6.45, 7) is 15.0. The van der Waals surface area contributed by atoms with E-state index in [1.54, 1.807) is 0 Å². The van der Waals surface area contributed by atoms with Crippen molar-refractivity contribution in [2.75, 3.05) is 145 Å². The first kappa shape index (κ1) is 49.3. The predicted molar refractivity (Wildman–Crippen MR) is 212 cm³/mol. The minimum atomic E-state index is -2.55. The van der Waals surface area contributed by atoms with E-state index in [0.29, 0.717) is 132 Å². The SMILES string of the molecule is CC(C)(C)[Si](OCCOCCOCCOCCOCCOCCOCCOCCOCCOCCNC(=O)COCC(=O)O)(c1ccccc1)c1ccccc1. The molecule has 16 heteroatoms. The monoisotopic (exact) mass is 811 g/mol. The maximum Gasteiger partial charge on any atom is 0.329 e. The second-order valence-corrected chi connectivity index (χ2v) is 17.6. The van der Waals surface area contributed by atoms with Gasteiger partial charge in [-0.2, -0.15) is 0 Å². The Morgan fingerprint density at radius 3 is 1.12 bits per heavy atom. The fourth-order valence-corrected chi connectivity index (χ4v) is 9.97. The van der Waals surface area contributed by atoms with Crippen molar-refractivity contribution < 1.29 is 66.5 Å². The van der Waals surface area contributed by atoms with Gasteiger partial charge in [-0.3, -0.25) is 4.79 Å². The molecule has 0 heterocycles. The molecule has 0 radical (unpaired) electrons. The van der Waals surface area contributed by atoms with Gasteiger partial charge in [-0.1, -0.05) is 81.4 Å². The van der Waals surface area contributed by atoms with Crippen LogP contribution >= 0.6 is 0 Å². The third kappa shape index (κ3) is 22.8. The molecule has 0 saturated carbocycles. The Bertz CT molecular complexity index is 1200. The third-order valence-electron chi connectivity index (χ3n) is 7.97. The highest BCUT2D eigenvalue weighted by molar-refractivity contribution is 6.99. The average Bonchev–Trinajstić information content (AvgIpc) is 3.18. The van der Waals surface area contributed by atoms with E-state index in [4.69, 9.17) is 52.2 Å². The zero-order chi connectivity index (χ0) is 40.4. The summed E-state index contributed by atoms with van der Waals surface area (Å²) in [5.41, 5.74) is 0. The van der Waals surface area contributed by atoms with Crippen molar-refractivity contribution in [1.82, 2.24) is 5.32 Å². The van der Waals surface area contributed by atoms with Gasteiger partial charge in [0.25, 0.3) is 8.32 Å². The van der Waals surface area contributed by atoms with Gasteiger partial charge in [0.05, 0.1) is 126 Å². The molecule has 318 valence electrons. The zero-order valence-corrected chi connectivity index (χ0v) is 34.6. The van der Waals surface area contributed by atoms with Gasteiger partial charge in [-0.25, -0.2) is 4.79 Å². The number of hydrogen-bond donors (Lipinski definition) is 2. The minimum absolute atomic E-state index is 0.0663. The highest BCUT2D eigenvalue weighted by Crippen LogP contribution is 2.36. The molecule has 1 amide bonds. The lowest BCUT2D eigenvalue weighted by Crippen LogP contribution is -2.66. The van der Waals surface area contributed by atoms with Crippen LogP contribution in [-0.4, -0.2) is 171 Å². The van der Waals surface area contributed by atoms with Crippen molar-refractivity contribution in [2.45, 2.75) is 25.8 Å². The number of hydrogen-bond acceptors (Lipinski definition) is 13. The molecule has 0 aliphatic carbocycles. The largest absolute Gasteiger partial charge is 0.480 e. The molecule has 0 fully saturated rings. The summed E-state index contributed by atoms with van der Waals surface area (Å²) in [5, 5.41) is 13.4. The van der Waals surface area contributed by atoms with Crippen molar-refractivity contribution in [1.29, 1.82) is 0 Å². The van der Waals surface area contributed by atoms with Crippen LogP contribution < -0.4 is 15.7 Å². The number of carboxylic acids is 1. The lowest BCUT2D eigenvalue weighted by molar-refractivity contribution is -0.143. The average molecular weight is 812 g/mol. The molecule has 0 atom stereocenters. The minimum Gasteiger partial charge on any atom is -0.480 e. The summed E-state index contributed by atoms with van der Waals surface area (Å²) in [6.07, 6.45) is 0. The van der Waals surface area contributed by atoms with Gasteiger partial charge in [0.1, 0.15) is 13.2 Å². The number of carbonyl (C=O) groups is 2. The first-order valence-corrected chi connectivity index (χ1v) is 21.2. The van der Waals surface area contributed by atoms with Gasteiger partial charge < -0.3 is 62.2 Å². The lowest BCUT2D eigenvalue weighted by Gasteiger charge is -2.43. The number of carboxylic acid groups (broad SMARTS) is 1. The fraction of sp³-hybridized carbons (Fsp3) is 0.650. The number of benzene rings is 2. The Morgan fingerprint density at radius 1 is 0.482 bits per heavy atom. The van der Waals surface area contributed by atoms with E-state index < -0.39 is 26.8 Å². The van der Waals surface area contributed by atoms with Crippen molar-refractivity contribution in [3.05, 3.63) is 60.7 Å². The van der Waals surface area contributed by atoms with Gasteiger partial charge in [0.2, 0.25) is 5.91 Å². The molecule has 0 unspecified atom stereocenters. The molecule has 0 aliphatic rings. The Kier molecular flexibility index (Phi) is 28.3. The van der Waals surface area contributed by atoms with Crippen LogP contribution in [0.15, 0.2) is 60.7 Å². The molecule has 0 aliphatic heterocycles. The molecule has 2 N–H and O–H groups in total. The highest BCUT2D eigenvalue weighted by Gasteiger charge is 2.50. The first-order valence-electron chi connectivity index (χ1n) is 19.3. The molecule has 0 spiro atoms. The standard InChI is InChI=1S/C40H65NO14Si/c1-40(2,3)56(36-10-6-4-7-11-36,37-12-8-5-9-13-37)55-33-32-53-31-30-52-29-28-51-27-26-50-25-24-49-23-22-48-21-20-47-19-18-46-17-16-45-15-14-41-38(42)34-54-35-39(43)44/h4-13H,14-35H2,1-3H3,(H,41,42)(H,43,44). The van der Waals surface area contributed by atoms with Gasteiger partial charge in [-0.15, -0.1) is 0 Å². The van der Waals surface area contributed by atoms with Crippen LogP contribution in [0.5, 0.6) is 0 Å². The molecule has 2 rings (SSSR count). The van der Waals surface area contributed by atoms with Crippen molar-refractivity contribution in [3.8, 4) is 0 Å². The molecule has 0 bridgehead atoms. The second kappa shape index (κ2) is 32.2. The summed E-state index contributed by atoms with van der Waals surface area (Å²) < 4.78 is 61.3. The maximum atomic E-state index is 11.4. The van der Waals surface area contributed by atoms with Gasteiger partial charge in [0.15, 0.2) is 0 Å². The van der Waals surface area contributed by atoms with Crippen molar-refractivity contribution >= 4 is 30.6 Å². The van der Waals surface area contributed by atoms with E-state index in [1.165, 1.54) is 10.4 Å². The van der Waals surface area contributed by atoms with E-state index in [1.807, 2.05) is 12.1 Å². The number of aliphatic carboxylic acids is 1. The summed E-state index contributed by atoms with van der Waals surface area (Å²) in [7, 11) is -2.55. The molecule has 2 aromatic rings.